The fourth-order valence-electron chi connectivity index (χ4n) is 0.880. The lowest BCUT2D eigenvalue weighted by Gasteiger charge is -2.02. The third kappa shape index (κ3) is 2.12. The van der Waals surface area contributed by atoms with Gasteiger partial charge in [-0.05, 0) is 5.92 Å². The zero-order chi connectivity index (χ0) is 8.43. The highest BCUT2D eigenvalue weighted by atomic mass is 35.5. The van der Waals surface area contributed by atoms with Gasteiger partial charge in [0, 0.05) is 12.7 Å². The Labute approximate surface area is 71.1 Å². The molecule has 0 aromatic carbocycles. The van der Waals surface area contributed by atoms with E-state index in [0.717, 1.165) is 6.54 Å². The van der Waals surface area contributed by atoms with E-state index in [9.17, 15) is 0 Å². The van der Waals surface area contributed by atoms with Gasteiger partial charge in [-0.1, -0.05) is 25.4 Å². The molecule has 0 bridgehead atoms. The average Bonchev–Trinajstić information content (AvgIpc) is 2.10. The molecule has 0 saturated heterocycles. The highest BCUT2D eigenvalue weighted by molar-refractivity contribution is 6.32. The molecule has 3 nitrogen and oxygen atoms in total. The van der Waals surface area contributed by atoms with Crippen molar-refractivity contribution in [2.75, 3.05) is 5.73 Å². The van der Waals surface area contributed by atoms with E-state index in [1.54, 1.807) is 10.9 Å². The monoisotopic (exact) mass is 173 g/mol. The maximum Gasteiger partial charge on any atom is 0.164 e. The predicted molar refractivity (Wildman–Crippen MR) is 46.5 cm³/mol. The number of anilines is 1. The summed E-state index contributed by atoms with van der Waals surface area (Å²) < 4.78 is 1.77. The molecule has 0 spiro atoms. The molecule has 0 aliphatic carbocycles. The standard InChI is InChI=1S/C7H12ClN3/c1-5(2)3-11-4-6(8)7(9)10-11/h4-5H,3H2,1-2H3,(H2,9,10). The fourth-order valence-corrected chi connectivity index (χ4v) is 1.03. The summed E-state index contributed by atoms with van der Waals surface area (Å²) in [5.41, 5.74) is 5.45. The summed E-state index contributed by atoms with van der Waals surface area (Å²) >= 11 is 5.70. The van der Waals surface area contributed by atoms with Crippen LogP contribution in [0.25, 0.3) is 0 Å². The molecule has 1 heterocycles. The summed E-state index contributed by atoms with van der Waals surface area (Å²) in [6.45, 7) is 5.09. The van der Waals surface area contributed by atoms with Crippen molar-refractivity contribution in [2.45, 2.75) is 20.4 Å². The second kappa shape index (κ2) is 3.13. The number of hydrogen-bond donors (Lipinski definition) is 1. The van der Waals surface area contributed by atoms with Crippen LogP contribution >= 0.6 is 11.6 Å². The summed E-state index contributed by atoms with van der Waals surface area (Å²) in [5, 5.41) is 4.55. The van der Waals surface area contributed by atoms with Crippen molar-refractivity contribution in [1.82, 2.24) is 9.78 Å². The zero-order valence-corrected chi connectivity index (χ0v) is 7.47. The Morgan fingerprint density at radius 3 is 2.73 bits per heavy atom. The van der Waals surface area contributed by atoms with E-state index in [2.05, 4.69) is 18.9 Å². The number of aromatic nitrogens is 2. The van der Waals surface area contributed by atoms with Gasteiger partial charge in [0.1, 0.15) is 5.02 Å². The number of nitrogens with two attached hydrogens (primary N) is 1. The molecule has 0 radical (unpaired) electrons. The topological polar surface area (TPSA) is 43.8 Å². The molecule has 1 aromatic heterocycles. The Hall–Kier alpha value is -0.700. The molecule has 1 rings (SSSR count). The van der Waals surface area contributed by atoms with E-state index in [1.165, 1.54) is 0 Å². The van der Waals surface area contributed by atoms with Gasteiger partial charge in [-0.3, -0.25) is 4.68 Å². The highest BCUT2D eigenvalue weighted by Crippen LogP contribution is 2.15. The van der Waals surface area contributed by atoms with Gasteiger partial charge in [-0.2, -0.15) is 5.10 Å². The van der Waals surface area contributed by atoms with E-state index in [4.69, 9.17) is 17.3 Å². The van der Waals surface area contributed by atoms with Crippen LogP contribution in [0.2, 0.25) is 5.02 Å². The third-order valence-corrected chi connectivity index (χ3v) is 1.59. The Balaban J connectivity index is 2.73. The summed E-state index contributed by atoms with van der Waals surface area (Å²) in [5.74, 6) is 0.970. The normalized spacial score (nSPS) is 10.9. The zero-order valence-electron chi connectivity index (χ0n) is 6.71. The molecule has 0 saturated carbocycles. The minimum atomic E-state index is 0.410. The van der Waals surface area contributed by atoms with Crippen molar-refractivity contribution >= 4 is 17.4 Å². The van der Waals surface area contributed by atoms with Crippen molar-refractivity contribution in [2.24, 2.45) is 5.92 Å². The SMILES string of the molecule is CC(C)Cn1cc(Cl)c(N)n1. The van der Waals surface area contributed by atoms with Gasteiger partial charge in [0.15, 0.2) is 5.82 Å². The molecular formula is C7H12ClN3. The lowest BCUT2D eigenvalue weighted by molar-refractivity contribution is 0.484. The number of rotatable bonds is 2. The second-order valence-electron chi connectivity index (χ2n) is 2.98. The predicted octanol–water partition coefficient (Wildman–Crippen LogP) is 1.77. The van der Waals surface area contributed by atoms with Crippen molar-refractivity contribution < 1.29 is 0 Å². The summed E-state index contributed by atoms with van der Waals surface area (Å²) in [6, 6.07) is 0. The van der Waals surface area contributed by atoms with Gasteiger partial charge >= 0.3 is 0 Å². The molecule has 62 valence electrons. The summed E-state index contributed by atoms with van der Waals surface area (Å²) in [6.07, 6.45) is 1.75. The van der Waals surface area contributed by atoms with Gasteiger partial charge in [-0.15, -0.1) is 0 Å². The molecule has 0 aliphatic heterocycles. The average molecular weight is 174 g/mol. The van der Waals surface area contributed by atoms with Crippen molar-refractivity contribution in [3.8, 4) is 0 Å². The van der Waals surface area contributed by atoms with Crippen LogP contribution in [0.4, 0.5) is 5.82 Å². The molecule has 0 fully saturated rings. The van der Waals surface area contributed by atoms with Gasteiger partial charge in [0.05, 0.1) is 0 Å². The lowest BCUT2D eigenvalue weighted by Crippen LogP contribution is -2.04. The van der Waals surface area contributed by atoms with Crippen LogP contribution in [0.5, 0.6) is 0 Å². The van der Waals surface area contributed by atoms with Crippen molar-refractivity contribution in [3.05, 3.63) is 11.2 Å². The molecule has 4 heteroatoms. The minimum Gasteiger partial charge on any atom is -0.381 e. The molecule has 11 heavy (non-hydrogen) atoms. The first kappa shape index (κ1) is 8.40. The lowest BCUT2D eigenvalue weighted by atomic mass is 10.2. The first-order valence-electron chi connectivity index (χ1n) is 3.58. The Bertz CT molecular complexity index is 222. The molecule has 0 aliphatic rings. The van der Waals surface area contributed by atoms with E-state index in [0.29, 0.717) is 16.8 Å². The summed E-state index contributed by atoms with van der Waals surface area (Å²) in [7, 11) is 0. The molecular weight excluding hydrogens is 162 g/mol. The fraction of sp³-hybridized carbons (Fsp3) is 0.571. The molecule has 0 atom stereocenters. The van der Waals surface area contributed by atoms with Crippen LogP contribution < -0.4 is 5.73 Å². The summed E-state index contributed by atoms with van der Waals surface area (Å²) in [4.78, 5) is 0. The smallest absolute Gasteiger partial charge is 0.164 e. The van der Waals surface area contributed by atoms with Crippen LogP contribution in [0, 0.1) is 5.92 Å². The largest absolute Gasteiger partial charge is 0.381 e. The Morgan fingerprint density at radius 1 is 1.73 bits per heavy atom. The number of nitrogen functional groups attached to an aromatic ring is 1. The van der Waals surface area contributed by atoms with Crippen molar-refractivity contribution in [3.63, 3.8) is 0 Å². The molecule has 0 unspecified atom stereocenters. The minimum absolute atomic E-state index is 0.410. The van der Waals surface area contributed by atoms with Crippen LogP contribution in [-0.4, -0.2) is 9.78 Å². The maximum absolute atomic E-state index is 5.70. The van der Waals surface area contributed by atoms with E-state index in [1.807, 2.05) is 0 Å². The number of hydrogen-bond acceptors (Lipinski definition) is 2. The first-order chi connectivity index (χ1) is 5.09. The van der Waals surface area contributed by atoms with Crippen LogP contribution in [0.15, 0.2) is 6.20 Å². The highest BCUT2D eigenvalue weighted by Gasteiger charge is 2.03. The van der Waals surface area contributed by atoms with E-state index >= 15 is 0 Å². The van der Waals surface area contributed by atoms with Gasteiger partial charge in [-0.25, -0.2) is 0 Å². The molecule has 2 N–H and O–H groups in total. The molecule has 1 aromatic rings. The Kier molecular flexibility index (Phi) is 2.39. The third-order valence-electron chi connectivity index (χ3n) is 1.30. The van der Waals surface area contributed by atoms with E-state index in [-0.39, 0.29) is 0 Å². The van der Waals surface area contributed by atoms with Gasteiger partial charge in [0.25, 0.3) is 0 Å². The van der Waals surface area contributed by atoms with Gasteiger partial charge < -0.3 is 5.73 Å². The molecule has 0 amide bonds. The number of nitrogens with zero attached hydrogens (tertiary/aromatic N) is 2. The number of halogens is 1. The van der Waals surface area contributed by atoms with Gasteiger partial charge in [0.2, 0.25) is 0 Å². The second-order valence-corrected chi connectivity index (χ2v) is 3.39. The maximum atomic E-state index is 5.70. The van der Waals surface area contributed by atoms with E-state index < -0.39 is 0 Å². The Morgan fingerprint density at radius 2 is 2.36 bits per heavy atom. The first-order valence-corrected chi connectivity index (χ1v) is 3.96. The van der Waals surface area contributed by atoms with Crippen LogP contribution in [-0.2, 0) is 6.54 Å². The van der Waals surface area contributed by atoms with Crippen molar-refractivity contribution in [1.29, 1.82) is 0 Å². The van der Waals surface area contributed by atoms with Crippen LogP contribution in [0.1, 0.15) is 13.8 Å². The van der Waals surface area contributed by atoms with Crippen LogP contribution in [0.3, 0.4) is 0 Å². The quantitative estimate of drug-likeness (QED) is 0.741.